The molecule has 3 N–H and O–H groups in total. The van der Waals surface area contributed by atoms with Gasteiger partial charge < -0.3 is 29.3 Å². The summed E-state index contributed by atoms with van der Waals surface area (Å²) in [4.78, 5) is 47.9. The molecule has 11 heteroatoms. The molecule has 1 aromatic carbocycles. The van der Waals surface area contributed by atoms with Crippen LogP contribution in [0.25, 0.3) is 0 Å². The second-order valence-electron chi connectivity index (χ2n) is 5.67. The van der Waals surface area contributed by atoms with Gasteiger partial charge in [-0.2, -0.15) is 0 Å². The number of carbonyl (C=O) groups is 4. The number of urea groups is 1. The average molecular weight is 419 g/mol. The van der Waals surface area contributed by atoms with E-state index in [1.165, 1.54) is 44.7 Å². The van der Waals surface area contributed by atoms with E-state index in [1.807, 2.05) is 5.32 Å². The highest BCUT2D eigenvalue weighted by molar-refractivity contribution is 6.07. The van der Waals surface area contributed by atoms with Crippen molar-refractivity contribution in [3.8, 4) is 11.5 Å². The third-order valence-electron chi connectivity index (χ3n) is 3.66. The van der Waals surface area contributed by atoms with Crippen LogP contribution in [-0.4, -0.2) is 51.2 Å². The molecule has 30 heavy (non-hydrogen) atoms. The highest BCUT2D eigenvalue weighted by Crippen LogP contribution is 2.34. The SMILES string of the molecule is CCNC(=O)NC(=O)COC(=O)c1cc(OC)c(OC)cc1NC(=O)c1ccco1. The lowest BCUT2D eigenvalue weighted by molar-refractivity contribution is -0.123. The molecule has 0 aliphatic carbocycles. The number of hydrogen-bond acceptors (Lipinski definition) is 8. The van der Waals surface area contributed by atoms with Crippen molar-refractivity contribution in [3.63, 3.8) is 0 Å². The van der Waals surface area contributed by atoms with Gasteiger partial charge in [0.05, 0.1) is 31.7 Å². The lowest BCUT2D eigenvalue weighted by atomic mass is 10.1. The number of hydrogen-bond donors (Lipinski definition) is 3. The Morgan fingerprint density at radius 3 is 2.37 bits per heavy atom. The molecule has 0 spiro atoms. The number of methoxy groups -OCH3 is 2. The highest BCUT2D eigenvalue weighted by Gasteiger charge is 2.22. The molecule has 1 heterocycles. The number of anilines is 1. The molecule has 11 nitrogen and oxygen atoms in total. The van der Waals surface area contributed by atoms with Crippen molar-refractivity contribution in [1.82, 2.24) is 10.6 Å². The van der Waals surface area contributed by atoms with Crippen LogP contribution < -0.4 is 25.4 Å². The van der Waals surface area contributed by atoms with Crippen LogP contribution in [-0.2, 0) is 9.53 Å². The van der Waals surface area contributed by atoms with E-state index in [0.717, 1.165) is 0 Å². The maximum atomic E-state index is 12.5. The molecule has 0 saturated carbocycles. The Labute approximate surface area is 171 Å². The molecule has 0 fully saturated rings. The number of esters is 1. The Bertz CT molecular complexity index is 924. The molecule has 2 aromatic rings. The largest absolute Gasteiger partial charge is 0.493 e. The fraction of sp³-hybridized carbons (Fsp3) is 0.263. The van der Waals surface area contributed by atoms with Gasteiger partial charge in [0.15, 0.2) is 23.9 Å². The second kappa shape index (κ2) is 10.5. The molecule has 0 atom stereocenters. The van der Waals surface area contributed by atoms with Gasteiger partial charge in [-0.3, -0.25) is 14.9 Å². The van der Waals surface area contributed by atoms with Gasteiger partial charge in [-0.1, -0.05) is 0 Å². The van der Waals surface area contributed by atoms with Gasteiger partial charge in [0, 0.05) is 18.7 Å². The van der Waals surface area contributed by atoms with Crippen molar-refractivity contribution < 1.29 is 37.8 Å². The number of nitrogens with one attached hydrogen (secondary N) is 3. The number of ether oxygens (including phenoxy) is 3. The summed E-state index contributed by atoms with van der Waals surface area (Å²) in [7, 11) is 2.76. The Morgan fingerprint density at radius 2 is 1.77 bits per heavy atom. The number of amides is 4. The van der Waals surface area contributed by atoms with Crippen molar-refractivity contribution in [2.45, 2.75) is 6.92 Å². The van der Waals surface area contributed by atoms with Gasteiger partial charge >= 0.3 is 12.0 Å². The maximum absolute atomic E-state index is 12.5. The van der Waals surface area contributed by atoms with Crippen molar-refractivity contribution in [2.75, 3.05) is 32.7 Å². The third-order valence-corrected chi connectivity index (χ3v) is 3.66. The molecule has 0 aliphatic heterocycles. The van der Waals surface area contributed by atoms with E-state index in [9.17, 15) is 19.2 Å². The predicted molar refractivity (Wildman–Crippen MR) is 104 cm³/mol. The summed E-state index contributed by atoms with van der Waals surface area (Å²) in [5.74, 6) is -1.90. The highest BCUT2D eigenvalue weighted by atomic mass is 16.5. The normalized spacial score (nSPS) is 9.97. The topological polar surface area (TPSA) is 145 Å². The smallest absolute Gasteiger partial charge is 0.340 e. The Kier molecular flexibility index (Phi) is 7.80. The lowest BCUT2D eigenvalue weighted by Gasteiger charge is -2.15. The van der Waals surface area contributed by atoms with E-state index in [0.29, 0.717) is 6.54 Å². The quantitative estimate of drug-likeness (QED) is 0.547. The first-order chi connectivity index (χ1) is 14.4. The maximum Gasteiger partial charge on any atom is 0.340 e. The minimum atomic E-state index is -0.934. The summed E-state index contributed by atoms with van der Waals surface area (Å²) in [5, 5.41) is 6.89. The van der Waals surface area contributed by atoms with Crippen molar-refractivity contribution in [3.05, 3.63) is 41.9 Å². The monoisotopic (exact) mass is 419 g/mol. The lowest BCUT2D eigenvalue weighted by Crippen LogP contribution is -2.41. The first-order valence-corrected chi connectivity index (χ1v) is 8.75. The van der Waals surface area contributed by atoms with Crippen LogP contribution in [0.1, 0.15) is 27.8 Å². The standard InChI is InChI=1S/C19H21N3O8/c1-4-20-19(26)22-16(23)10-30-18(25)11-8-14(27-2)15(28-3)9-12(11)21-17(24)13-6-5-7-29-13/h5-9H,4,10H2,1-3H3,(H,21,24)(H2,20,22,23,26). The summed E-state index contributed by atoms with van der Waals surface area (Å²) >= 11 is 0. The Hall–Kier alpha value is -4.02. The molecule has 1 aromatic heterocycles. The number of furan rings is 1. The van der Waals surface area contributed by atoms with Crippen molar-refractivity contribution >= 4 is 29.5 Å². The summed E-state index contributed by atoms with van der Waals surface area (Å²) < 4.78 is 20.3. The molecule has 4 amide bonds. The Balaban J connectivity index is 2.21. The number of rotatable bonds is 8. The van der Waals surface area contributed by atoms with Crippen LogP contribution in [0, 0.1) is 0 Å². The summed E-state index contributed by atoms with van der Waals surface area (Å²) in [6.45, 7) is 1.29. The van der Waals surface area contributed by atoms with E-state index in [-0.39, 0.29) is 28.5 Å². The van der Waals surface area contributed by atoms with Crippen LogP contribution in [0.3, 0.4) is 0 Å². The molecular weight excluding hydrogens is 398 g/mol. The van der Waals surface area contributed by atoms with Gasteiger partial charge in [0.2, 0.25) is 0 Å². The van der Waals surface area contributed by atoms with Gasteiger partial charge in [-0.15, -0.1) is 0 Å². The number of carbonyl (C=O) groups excluding carboxylic acids is 4. The molecule has 160 valence electrons. The van der Waals surface area contributed by atoms with Gasteiger partial charge in [-0.25, -0.2) is 9.59 Å². The molecule has 0 radical (unpaired) electrons. The molecule has 0 unspecified atom stereocenters. The van der Waals surface area contributed by atoms with Crippen LogP contribution >= 0.6 is 0 Å². The molecular formula is C19H21N3O8. The molecule has 0 bridgehead atoms. The first kappa shape index (κ1) is 22.3. The first-order valence-electron chi connectivity index (χ1n) is 8.75. The number of benzene rings is 1. The third kappa shape index (κ3) is 5.74. The van der Waals surface area contributed by atoms with Crippen molar-refractivity contribution in [1.29, 1.82) is 0 Å². The second-order valence-corrected chi connectivity index (χ2v) is 5.67. The van der Waals surface area contributed by atoms with E-state index in [4.69, 9.17) is 18.6 Å². The minimum Gasteiger partial charge on any atom is -0.493 e. The van der Waals surface area contributed by atoms with E-state index >= 15 is 0 Å². The van der Waals surface area contributed by atoms with Gasteiger partial charge in [-0.05, 0) is 19.1 Å². The summed E-state index contributed by atoms with van der Waals surface area (Å²) in [6, 6.07) is 4.92. The summed E-state index contributed by atoms with van der Waals surface area (Å²) in [6.07, 6.45) is 1.33. The molecule has 0 aliphatic rings. The van der Waals surface area contributed by atoms with Gasteiger partial charge in [0.1, 0.15) is 0 Å². The summed E-state index contributed by atoms with van der Waals surface area (Å²) in [5.41, 5.74) is -0.0541. The zero-order chi connectivity index (χ0) is 22.1. The fourth-order valence-corrected chi connectivity index (χ4v) is 2.32. The zero-order valence-corrected chi connectivity index (χ0v) is 16.6. The average Bonchev–Trinajstić information content (AvgIpc) is 3.26. The zero-order valence-electron chi connectivity index (χ0n) is 16.6. The van der Waals surface area contributed by atoms with E-state index < -0.39 is 30.4 Å². The van der Waals surface area contributed by atoms with Crippen LogP contribution in [0.4, 0.5) is 10.5 Å². The van der Waals surface area contributed by atoms with E-state index in [1.54, 1.807) is 6.92 Å². The van der Waals surface area contributed by atoms with Crippen LogP contribution in [0.5, 0.6) is 11.5 Å². The molecule has 2 rings (SSSR count). The van der Waals surface area contributed by atoms with Crippen LogP contribution in [0.2, 0.25) is 0 Å². The van der Waals surface area contributed by atoms with Gasteiger partial charge in [0.25, 0.3) is 11.8 Å². The Morgan fingerprint density at radius 1 is 1.07 bits per heavy atom. The fourth-order valence-electron chi connectivity index (χ4n) is 2.32. The predicted octanol–water partition coefficient (Wildman–Crippen LogP) is 1.55. The minimum absolute atomic E-state index is 0.0189. The molecule has 0 saturated heterocycles. The van der Waals surface area contributed by atoms with Crippen LogP contribution in [0.15, 0.2) is 34.9 Å². The van der Waals surface area contributed by atoms with E-state index in [2.05, 4.69) is 10.6 Å². The number of imide groups is 1. The van der Waals surface area contributed by atoms with Crippen molar-refractivity contribution in [2.24, 2.45) is 0 Å².